The molecule has 2 amide bonds. The molecule has 0 bridgehead atoms. The van der Waals surface area contributed by atoms with E-state index in [1.165, 1.54) is 0 Å². The Morgan fingerprint density at radius 2 is 1.15 bits per heavy atom. The molecule has 0 radical (unpaired) electrons. The molecule has 0 saturated carbocycles. The molecule has 0 saturated heterocycles. The minimum Gasteiger partial charge on any atom is -0.442 e. The fourth-order valence-electron chi connectivity index (χ4n) is 3.59. The van der Waals surface area contributed by atoms with E-state index in [0.29, 0.717) is 85.5 Å². The predicted octanol–water partition coefficient (Wildman–Crippen LogP) is 1.93. The summed E-state index contributed by atoms with van der Waals surface area (Å²) >= 11 is 0. The molecule has 0 rings (SSSR count). The Labute approximate surface area is 275 Å². The summed E-state index contributed by atoms with van der Waals surface area (Å²) in [5, 5.41) is 2.79. The van der Waals surface area contributed by atoms with Crippen LogP contribution in [-0.4, -0.2) is 135 Å². The number of Topliss-reactive ketones (excluding diaryl/α,β-unsaturated/α-hetero) is 1. The van der Waals surface area contributed by atoms with Gasteiger partial charge in [0.05, 0.1) is 85.3 Å². The van der Waals surface area contributed by atoms with Crippen molar-refractivity contribution in [1.82, 2.24) is 10.8 Å². The van der Waals surface area contributed by atoms with E-state index in [1.807, 2.05) is 0 Å². The highest BCUT2D eigenvalue weighted by atomic mass is 16.7. The molecule has 272 valence electrons. The van der Waals surface area contributed by atoms with Gasteiger partial charge in [0, 0.05) is 19.6 Å². The minimum atomic E-state index is -0.666. The lowest BCUT2D eigenvalue weighted by molar-refractivity contribution is -0.131. The third kappa shape index (κ3) is 32.0. The highest BCUT2D eigenvalue weighted by Gasteiger charge is 2.20. The lowest BCUT2D eigenvalue weighted by Gasteiger charge is -2.19. The monoisotopic (exact) mass is 667 g/mol. The van der Waals surface area contributed by atoms with Crippen LogP contribution in [0.2, 0.25) is 0 Å². The van der Waals surface area contributed by atoms with Gasteiger partial charge in [-0.05, 0) is 59.4 Å². The van der Waals surface area contributed by atoms with Gasteiger partial charge in [-0.25, -0.2) is 4.79 Å². The zero-order chi connectivity index (χ0) is 34.1. The van der Waals surface area contributed by atoms with Crippen LogP contribution < -0.4 is 16.5 Å². The van der Waals surface area contributed by atoms with E-state index in [-0.39, 0.29) is 44.5 Å². The Balaban J connectivity index is 3.87. The maximum Gasteiger partial charge on any atom is 0.431 e. The van der Waals surface area contributed by atoms with Crippen molar-refractivity contribution in [3.05, 3.63) is 0 Å². The Bertz CT molecular complexity index is 740. The number of hydrogen-bond donors (Lipinski definition) is 3. The molecule has 46 heavy (non-hydrogen) atoms. The van der Waals surface area contributed by atoms with Crippen molar-refractivity contribution in [1.29, 1.82) is 0 Å². The number of hydrogen-bond acceptors (Lipinski definition) is 13. The van der Waals surface area contributed by atoms with Crippen molar-refractivity contribution in [2.75, 3.05) is 106 Å². The third-order valence-electron chi connectivity index (χ3n) is 5.71. The number of carbonyl (C=O) groups excluding carboxylic acids is 3. The molecular weight excluding hydrogens is 606 g/mol. The van der Waals surface area contributed by atoms with Crippen LogP contribution in [0.15, 0.2) is 0 Å². The molecule has 0 aromatic heterocycles. The lowest BCUT2D eigenvalue weighted by Crippen LogP contribution is -2.42. The number of nitrogens with two attached hydrogens (primary N) is 1. The largest absolute Gasteiger partial charge is 0.442 e. The summed E-state index contributed by atoms with van der Waals surface area (Å²) in [5.41, 5.74) is 7.17. The number of ether oxygens (including phenoxy) is 8. The van der Waals surface area contributed by atoms with Crippen molar-refractivity contribution >= 4 is 17.8 Å². The average molecular weight is 668 g/mol. The molecule has 1 atom stereocenters. The second-order valence-corrected chi connectivity index (χ2v) is 11.2. The van der Waals surface area contributed by atoms with Gasteiger partial charge in [0.15, 0.2) is 5.78 Å². The first-order valence-corrected chi connectivity index (χ1v) is 16.4. The van der Waals surface area contributed by atoms with Gasteiger partial charge in [-0.3, -0.25) is 14.4 Å². The first kappa shape index (κ1) is 44.0. The molecular formula is C31H61N3O12. The smallest absolute Gasteiger partial charge is 0.431 e. The number of rotatable bonds is 33. The molecule has 0 aliphatic rings. The van der Waals surface area contributed by atoms with Crippen LogP contribution >= 0.6 is 0 Å². The van der Waals surface area contributed by atoms with Gasteiger partial charge < -0.3 is 48.9 Å². The van der Waals surface area contributed by atoms with Gasteiger partial charge in [-0.1, -0.05) is 6.92 Å². The summed E-state index contributed by atoms with van der Waals surface area (Å²) in [4.78, 5) is 41.6. The van der Waals surface area contributed by atoms with Gasteiger partial charge in [-0.2, -0.15) is 5.48 Å². The molecule has 0 aromatic rings. The fourth-order valence-corrected chi connectivity index (χ4v) is 3.59. The molecule has 0 aliphatic heterocycles. The molecule has 0 aliphatic carbocycles. The van der Waals surface area contributed by atoms with Crippen LogP contribution in [-0.2, 0) is 52.3 Å². The Morgan fingerprint density at radius 1 is 0.652 bits per heavy atom. The van der Waals surface area contributed by atoms with Gasteiger partial charge in [0.1, 0.15) is 12.2 Å². The van der Waals surface area contributed by atoms with Crippen LogP contribution in [0.25, 0.3) is 0 Å². The molecule has 15 heteroatoms. The number of carbonyl (C=O) groups is 3. The third-order valence-corrected chi connectivity index (χ3v) is 5.71. The Hall–Kier alpha value is -1.95. The van der Waals surface area contributed by atoms with E-state index >= 15 is 0 Å². The Kier molecular flexibility index (Phi) is 30.3. The van der Waals surface area contributed by atoms with E-state index in [9.17, 15) is 14.4 Å². The van der Waals surface area contributed by atoms with Crippen LogP contribution in [0.5, 0.6) is 0 Å². The van der Waals surface area contributed by atoms with Gasteiger partial charge >= 0.3 is 6.09 Å². The standard InChI is InChI=1S/C31H61N3O12/c1-5-12-38-14-16-40-18-19-41-20-21-42-22-23-44-26-29(36)33-27(9-6-7-11-32)28(35)10-8-13-39-15-17-43-24-25-45-34-30(37)46-31(2,3)4/h27H,5-26,32H2,1-4H3,(H,33,36)(H,34,37)/t27-/m0/s1. The van der Waals surface area contributed by atoms with E-state index in [2.05, 4.69) is 17.7 Å². The average Bonchev–Trinajstić information content (AvgIpc) is 3.00. The van der Waals surface area contributed by atoms with Crippen LogP contribution in [0.4, 0.5) is 4.79 Å². The second kappa shape index (κ2) is 31.6. The van der Waals surface area contributed by atoms with Gasteiger partial charge in [-0.15, -0.1) is 0 Å². The lowest BCUT2D eigenvalue weighted by atomic mass is 10.0. The summed E-state index contributed by atoms with van der Waals surface area (Å²) in [6, 6.07) is -0.596. The summed E-state index contributed by atoms with van der Waals surface area (Å²) in [5.74, 6) is -0.411. The fraction of sp³-hybridized carbons (Fsp3) is 0.903. The molecule has 0 fully saturated rings. The highest BCUT2D eigenvalue weighted by molar-refractivity contribution is 5.89. The predicted molar refractivity (Wildman–Crippen MR) is 170 cm³/mol. The minimum absolute atomic E-state index is 0.0570. The number of hydroxylamine groups is 1. The van der Waals surface area contributed by atoms with Gasteiger partial charge in [0.25, 0.3) is 0 Å². The second-order valence-electron chi connectivity index (χ2n) is 11.2. The van der Waals surface area contributed by atoms with Crippen LogP contribution in [0.3, 0.4) is 0 Å². The maximum absolute atomic E-state index is 12.8. The number of nitrogens with one attached hydrogen (secondary N) is 2. The van der Waals surface area contributed by atoms with Crippen molar-refractivity contribution in [3.63, 3.8) is 0 Å². The first-order chi connectivity index (χ1) is 22.2. The summed E-state index contributed by atoms with van der Waals surface area (Å²) in [7, 11) is 0. The van der Waals surface area contributed by atoms with Crippen molar-refractivity contribution in [2.45, 2.75) is 77.9 Å². The molecule has 4 N–H and O–H groups in total. The molecule has 0 aromatic carbocycles. The van der Waals surface area contributed by atoms with E-state index in [4.69, 9.17) is 48.5 Å². The number of amides is 2. The zero-order valence-corrected chi connectivity index (χ0v) is 28.6. The molecule has 0 spiro atoms. The van der Waals surface area contributed by atoms with E-state index in [1.54, 1.807) is 20.8 Å². The first-order valence-electron chi connectivity index (χ1n) is 16.4. The topological polar surface area (TPSA) is 184 Å². The van der Waals surface area contributed by atoms with E-state index < -0.39 is 17.7 Å². The van der Waals surface area contributed by atoms with E-state index in [0.717, 1.165) is 25.9 Å². The number of ketones is 1. The van der Waals surface area contributed by atoms with Crippen molar-refractivity contribution in [2.24, 2.45) is 5.73 Å². The quantitative estimate of drug-likeness (QED) is 0.0682. The summed E-state index contributed by atoms with van der Waals surface area (Å²) < 4.78 is 42.9. The summed E-state index contributed by atoms with van der Waals surface area (Å²) in [6.45, 7) is 13.5. The zero-order valence-electron chi connectivity index (χ0n) is 28.6. The Morgan fingerprint density at radius 3 is 1.67 bits per heavy atom. The SMILES string of the molecule is CCCOCCOCCOCCOCCOCC(=O)N[C@@H](CCCCN)C(=O)CCCOCCOCCONC(=O)OC(C)(C)C. The normalized spacial score (nSPS) is 12.2. The maximum atomic E-state index is 12.8. The van der Waals surface area contributed by atoms with Crippen molar-refractivity contribution < 1.29 is 57.1 Å². The van der Waals surface area contributed by atoms with Gasteiger partial charge in [0.2, 0.25) is 5.91 Å². The molecule has 15 nitrogen and oxygen atoms in total. The van der Waals surface area contributed by atoms with Crippen LogP contribution in [0.1, 0.15) is 66.2 Å². The van der Waals surface area contributed by atoms with Crippen LogP contribution in [0, 0.1) is 0 Å². The number of unbranched alkanes of at least 4 members (excludes halogenated alkanes) is 1. The highest BCUT2D eigenvalue weighted by Crippen LogP contribution is 2.07. The van der Waals surface area contributed by atoms with Crippen molar-refractivity contribution in [3.8, 4) is 0 Å². The molecule has 0 heterocycles. The molecule has 0 unspecified atom stereocenters. The summed E-state index contributed by atoms with van der Waals surface area (Å²) in [6.07, 6.45) is 3.13.